The molecular formula is C16H20N2O. The predicted molar refractivity (Wildman–Crippen MR) is 76.9 cm³/mol. The highest BCUT2D eigenvalue weighted by atomic mass is 16.2. The van der Waals surface area contributed by atoms with Gasteiger partial charge in [0.05, 0.1) is 0 Å². The molecule has 1 aromatic carbocycles. The molecule has 0 spiro atoms. The van der Waals surface area contributed by atoms with Gasteiger partial charge in [0.25, 0.3) is 0 Å². The minimum Gasteiger partial charge on any atom is -0.352 e. The fourth-order valence-electron chi connectivity index (χ4n) is 2.11. The molecular weight excluding hydrogens is 236 g/mol. The Morgan fingerprint density at radius 2 is 1.74 bits per heavy atom. The SMILES string of the molecule is CC(C)NC(=O)[C@H](Cc1ccccc1)n1cccc1. The summed E-state index contributed by atoms with van der Waals surface area (Å²) in [7, 11) is 0. The molecule has 0 aliphatic heterocycles. The predicted octanol–water partition coefficient (Wildman–Crippen LogP) is 2.80. The van der Waals surface area contributed by atoms with Crippen LogP contribution in [0.2, 0.25) is 0 Å². The van der Waals surface area contributed by atoms with E-state index in [4.69, 9.17) is 0 Å². The van der Waals surface area contributed by atoms with E-state index in [0.717, 1.165) is 0 Å². The zero-order chi connectivity index (χ0) is 13.7. The molecule has 0 saturated heterocycles. The van der Waals surface area contributed by atoms with E-state index in [-0.39, 0.29) is 18.0 Å². The van der Waals surface area contributed by atoms with Crippen LogP contribution in [-0.2, 0) is 11.2 Å². The van der Waals surface area contributed by atoms with Crippen molar-refractivity contribution in [1.29, 1.82) is 0 Å². The molecule has 1 heterocycles. The van der Waals surface area contributed by atoms with Gasteiger partial charge in [0.2, 0.25) is 5.91 Å². The van der Waals surface area contributed by atoms with E-state index in [9.17, 15) is 4.79 Å². The van der Waals surface area contributed by atoms with Crippen molar-refractivity contribution in [3.05, 3.63) is 60.4 Å². The lowest BCUT2D eigenvalue weighted by atomic mass is 10.0. The summed E-state index contributed by atoms with van der Waals surface area (Å²) in [4.78, 5) is 12.3. The van der Waals surface area contributed by atoms with Crippen LogP contribution in [0.5, 0.6) is 0 Å². The maximum absolute atomic E-state index is 12.3. The number of amides is 1. The molecule has 3 heteroatoms. The third-order valence-corrected chi connectivity index (χ3v) is 2.99. The van der Waals surface area contributed by atoms with Gasteiger partial charge in [0.15, 0.2) is 0 Å². The lowest BCUT2D eigenvalue weighted by Gasteiger charge is -2.20. The first-order valence-corrected chi connectivity index (χ1v) is 6.63. The van der Waals surface area contributed by atoms with Gasteiger partial charge in [-0.25, -0.2) is 0 Å². The summed E-state index contributed by atoms with van der Waals surface area (Å²) in [5.41, 5.74) is 1.17. The Morgan fingerprint density at radius 1 is 1.11 bits per heavy atom. The Kier molecular flexibility index (Phi) is 4.39. The zero-order valence-corrected chi connectivity index (χ0v) is 11.4. The second kappa shape index (κ2) is 6.23. The van der Waals surface area contributed by atoms with Crippen LogP contribution in [0.4, 0.5) is 0 Å². The smallest absolute Gasteiger partial charge is 0.243 e. The van der Waals surface area contributed by atoms with Crippen LogP contribution in [0.25, 0.3) is 0 Å². The highest BCUT2D eigenvalue weighted by molar-refractivity contribution is 5.80. The third kappa shape index (κ3) is 3.71. The first kappa shape index (κ1) is 13.4. The number of nitrogens with one attached hydrogen (secondary N) is 1. The topological polar surface area (TPSA) is 34.0 Å². The van der Waals surface area contributed by atoms with E-state index in [1.807, 2.05) is 61.1 Å². The van der Waals surface area contributed by atoms with Gasteiger partial charge in [-0.1, -0.05) is 30.3 Å². The molecule has 0 fully saturated rings. The molecule has 100 valence electrons. The molecule has 0 aliphatic rings. The normalized spacial score (nSPS) is 12.4. The average molecular weight is 256 g/mol. The zero-order valence-electron chi connectivity index (χ0n) is 11.4. The molecule has 2 rings (SSSR count). The average Bonchev–Trinajstić information content (AvgIpc) is 2.90. The van der Waals surface area contributed by atoms with E-state index in [1.165, 1.54) is 5.56 Å². The number of carbonyl (C=O) groups excluding carboxylic acids is 1. The van der Waals surface area contributed by atoms with Crippen LogP contribution in [0.1, 0.15) is 25.5 Å². The first-order chi connectivity index (χ1) is 9.16. The standard InChI is InChI=1S/C16H20N2O/c1-13(2)17-16(19)15(18-10-6-7-11-18)12-14-8-4-3-5-9-14/h3-11,13,15H,12H2,1-2H3,(H,17,19)/t15-/m0/s1. The van der Waals surface area contributed by atoms with E-state index in [0.29, 0.717) is 6.42 Å². The van der Waals surface area contributed by atoms with Crippen LogP contribution in [-0.4, -0.2) is 16.5 Å². The van der Waals surface area contributed by atoms with Crippen LogP contribution >= 0.6 is 0 Å². The molecule has 3 nitrogen and oxygen atoms in total. The van der Waals surface area contributed by atoms with E-state index in [2.05, 4.69) is 17.4 Å². The molecule has 1 amide bonds. The van der Waals surface area contributed by atoms with Crippen molar-refractivity contribution in [3.63, 3.8) is 0 Å². The summed E-state index contributed by atoms with van der Waals surface area (Å²) >= 11 is 0. The highest BCUT2D eigenvalue weighted by Gasteiger charge is 2.20. The largest absolute Gasteiger partial charge is 0.352 e. The van der Waals surface area contributed by atoms with Gasteiger partial charge in [-0.05, 0) is 31.5 Å². The quantitative estimate of drug-likeness (QED) is 0.877. The minimum absolute atomic E-state index is 0.0649. The summed E-state index contributed by atoms with van der Waals surface area (Å²) in [5, 5.41) is 2.99. The van der Waals surface area contributed by atoms with Gasteiger partial charge in [-0.2, -0.15) is 0 Å². The van der Waals surface area contributed by atoms with Crippen LogP contribution in [0.15, 0.2) is 54.9 Å². The number of nitrogens with zero attached hydrogens (tertiary/aromatic N) is 1. The van der Waals surface area contributed by atoms with Crippen molar-refractivity contribution in [3.8, 4) is 0 Å². The Hall–Kier alpha value is -2.03. The Labute approximate surface area is 114 Å². The lowest BCUT2D eigenvalue weighted by Crippen LogP contribution is -2.37. The maximum Gasteiger partial charge on any atom is 0.243 e. The van der Waals surface area contributed by atoms with Crippen molar-refractivity contribution in [2.75, 3.05) is 0 Å². The number of carbonyl (C=O) groups is 1. The molecule has 19 heavy (non-hydrogen) atoms. The summed E-state index contributed by atoms with van der Waals surface area (Å²) in [5.74, 6) is 0.0649. The number of rotatable bonds is 5. The maximum atomic E-state index is 12.3. The van der Waals surface area contributed by atoms with Gasteiger partial charge >= 0.3 is 0 Å². The molecule has 0 radical (unpaired) electrons. The minimum atomic E-state index is -0.195. The Bertz CT molecular complexity index is 503. The second-order valence-corrected chi connectivity index (χ2v) is 5.00. The van der Waals surface area contributed by atoms with E-state index in [1.54, 1.807) is 0 Å². The number of aromatic nitrogens is 1. The van der Waals surface area contributed by atoms with Crippen LogP contribution in [0, 0.1) is 0 Å². The van der Waals surface area contributed by atoms with E-state index < -0.39 is 0 Å². The summed E-state index contributed by atoms with van der Waals surface area (Å²) < 4.78 is 1.96. The molecule has 1 aromatic heterocycles. The molecule has 1 N–H and O–H groups in total. The fourth-order valence-corrected chi connectivity index (χ4v) is 2.11. The van der Waals surface area contributed by atoms with E-state index >= 15 is 0 Å². The van der Waals surface area contributed by atoms with Gasteiger partial charge in [-0.15, -0.1) is 0 Å². The second-order valence-electron chi connectivity index (χ2n) is 5.00. The van der Waals surface area contributed by atoms with Crippen molar-refractivity contribution >= 4 is 5.91 Å². The highest BCUT2D eigenvalue weighted by Crippen LogP contribution is 2.15. The molecule has 0 bridgehead atoms. The number of benzene rings is 1. The molecule has 0 saturated carbocycles. The van der Waals surface area contributed by atoms with Crippen LogP contribution < -0.4 is 5.32 Å². The first-order valence-electron chi connectivity index (χ1n) is 6.63. The molecule has 0 aliphatic carbocycles. The van der Waals surface area contributed by atoms with Gasteiger partial charge < -0.3 is 9.88 Å². The van der Waals surface area contributed by atoms with Crippen molar-refractivity contribution < 1.29 is 4.79 Å². The van der Waals surface area contributed by atoms with Gasteiger partial charge in [0, 0.05) is 24.9 Å². The summed E-state index contributed by atoms with van der Waals surface area (Å²) in [6.45, 7) is 3.96. The molecule has 1 atom stereocenters. The van der Waals surface area contributed by atoms with Crippen molar-refractivity contribution in [2.24, 2.45) is 0 Å². The van der Waals surface area contributed by atoms with Gasteiger partial charge in [-0.3, -0.25) is 4.79 Å². The number of hydrogen-bond donors (Lipinski definition) is 1. The Morgan fingerprint density at radius 3 is 2.32 bits per heavy atom. The number of hydrogen-bond acceptors (Lipinski definition) is 1. The van der Waals surface area contributed by atoms with Gasteiger partial charge in [0.1, 0.15) is 6.04 Å². The van der Waals surface area contributed by atoms with Crippen molar-refractivity contribution in [1.82, 2.24) is 9.88 Å². The van der Waals surface area contributed by atoms with Crippen molar-refractivity contribution in [2.45, 2.75) is 32.4 Å². The Balaban J connectivity index is 2.18. The molecule has 2 aromatic rings. The summed E-state index contributed by atoms with van der Waals surface area (Å²) in [6.07, 6.45) is 4.58. The fraction of sp³-hybridized carbons (Fsp3) is 0.312. The van der Waals surface area contributed by atoms with Crippen LogP contribution in [0.3, 0.4) is 0 Å². The lowest BCUT2D eigenvalue weighted by molar-refractivity contribution is -0.124. The summed E-state index contributed by atoms with van der Waals surface area (Å²) in [6, 6.07) is 14.0. The third-order valence-electron chi connectivity index (χ3n) is 2.99. The monoisotopic (exact) mass is 256 g/mol. The molecule has 0 unspecified atom stereocenters.